The number of carbonyl (C=O) groups is 2. The molecule has 0 unspecified atom stereocenters. The molecule has 1 fully saturated rings. The van der Waals surface area contributed by atoms with Crippen LogP contribution in [-0.2, 0) is 18.4 Å². The van der Waals surface area contributed by atoms with Gasteiger partial charge in [0.15, 0.2) is 0 Å². The van der Waals surface area contributed by atoms with Crippen LogP contribution in [0.1, 0.15) is 47.7 Å². The number of likely N-dealkylation sites (tertiary alicyclic amines) is 1. The molecule has 0 aliphatic carbocycles. The molecule has 0 bridgehead atoms. The van der Waals surface area contributed by atoms with Crippen molar-refractivity contribution >= 4 is 11.8 Å². The zero-order valence-electron chi connectivity index (χ0n) is 13.9. The van der Waals surface area contributed by atoms with Crippen LogP contribution in [0.3, 0.4) is 0 Å². The number of amides is 2. The Labute approximate surface area is 140 Å². The molecule has 3 rings (SSSR count). The first-order valence-corrected chi connectivity index (χ1v) is 8.05. The topological polar surface area (TPSA) is 80.1 Å². The average Bonchev–Trinajstić information content (AvgIpc) is 3.21. The first-order chi connectivity index (χ1) is 11.5. The molecule has 0 spiro atoms. The molecule has 0 aromatic carbocycles. The Kier molecular flexibility index (Phi) is 4.59. The van der Waals surface area contributed by atoms with E-state index < -0.39 is 0 Å². The van der Waals surface area contributed by atoms with Crippen LogP contribution in [0.2, 0.25) is 0 Å². The molecule has 1 saturated heterocycles. The molecule has 0 radical (unpaired) electrons. The van der Waals surface area contributed by atoms with E-state index in [1.807, 2.05) is 23.1 Å². The zero-order chi connectivity index (χ0) is 17.1. The van der Waals surface area contributed by atoms with E-state index in [0.717, 1.165) is 24.2 Å². The van der Waals surface area contributed by atoms with Crippen molar-refractivity contribution in [3.05, 3.63) is 47.5 Å². The van der Waals surface area contributed by atoms with Crippen molar-refractivity contribution in [1.29, 1.82) is 0 Å². The van der Waals surface area contributed by atoms with Crippen LogP contribution in [0, 0.1) is 0 Å². The lowest BCUT2D eigenvalue weighted by Gasteiger charge is -2.24. The Hall–Kier alpha value is -2.70. The summed E-state index contributed by atoms with van der Waals surface area (Å²) < 4.78 is 1.63. The molecule has 24 heavy (non-hydrogen) atoms. The van der Waals surface area contributed by atoms with Gasteiger partial charge in [-0.25, -0.2) is 0 Å². The fourth-order valence-corrected chi connectivity index (χ4v) is 2.99. The fourth-order valence-electron chi connectivity index (χ4n) is 2.99. The second-order valence-corrected chi connectivity index (χ2v) is 5.99. The third-order valence-corrected chi connectivity index (χ3v) is 4.13. The van der Waals surface area contributed by atoms with Gasteiger partial charge in [-0.1, -0.05) is 6.07 Å². The number of rotatable bonds is 4. The first-order valence-electron chi connectivity index (χ1n) is 8.05. The van der Waals surface area contributed by atoms with E-state index in [1.165, 1.54) is 6.92 Å². The van der Waals surface area contributed by atoms with E-state index in [9.17, 15) is 9.59 Å². The fraction of sp³-hybridized carbons (Fsp3) is 0.412. The summed E-state index contributed by atoms with van der Waals surface area (Å²) in [4.78, 5) is 30.2. The van der Waals surface area contributed by atoms with Gasteiger partial charge >= 0.3 is 0 Å². The molecule has 1 atom stereocenters. The van der Waals surface area contributed by atoms with Crippen molar-refractivity contribution in [3.8, 4) is 0 Å². The van der Waals surface area contributed by atoms with Gasteiger partial charge in [0.25, 0.3) is 5.91 Å². The summed E-state index contributed by atoms with van der Waals surface area (Å²) >= 11 is 0. The van der Waals surface area contributed by atoms with Crippen molar-refractivity contribution in [2.75, 3.05) is 6.54 Å². The van der Waals surface area contributed by atoms with Gasteiger partial charge in [0.1, 0.15) is 5.69 Å². The van der Waals surface area contributed by atoms with Gasteiger partial charge in [0, 0.05) is 26.7 Å². The van der Waals surface area contributed by atoms with Gasteiger partial charge < -0.3 is 10.2 Å². The van der Waals surface area contributed by atoms with Crippen molar-refractivity contribution in [1.82, 2.24) is 25.0 Å². The number of pyridine rings is 1. The molecule has 2 amide bonds. The molecule has 126 valence electrons. The van der Waals surface area contributed by atoms with Crippen molar-refractivity contribution < 1.29 is 9.59 Å². The third-order valence-electron chi connectivity index (χ3n) is 4.13. The maximum atomic E-state index is 12.7. The number of hydrogen-bond acceptors (Lipinski definition) is 4. The Bertz CT molecular complexity index is 755. The SMILES string of the molecule is CC(=O)NCc1cccc([C@H]2CCCN2C(=O)c2ccn(C)n2)n1. The number of aromatic nitrogens is 3. The van der Waals surface area contributed by atoms with Crippen LogP contribution >= 0.6 is 0 Å². The third kappa shape index (κ3) is 3.45. The summed E-state index contributed by atoms with van der Waals surface area (Å²) in [6.07, 6.45) is 3.60. The largest absolute Gasteiger partial charge is 0.351 e. The predicted octanol–water partition coefficient (Wildman–Crippen LogP) is 1.43. The van der Waals surface area contributed by atoms with Gasteiger partial charge in [-0.15, -0.1) is 0 Å². The monoisotopic (exact) mass is 327 g/mol. The van der Waals surface area contributed by atoms with Gasteiger partial charge in [-0.2, -0.15) is 5.10 Å². The Morgan fingerprint density at radius 2 is 2.17 bits per heavy atom. The number of nitrogens with zero attached hydrogens (tertiary/aromatic N) is 4. The minimum absolute atomic E-state index is 0.0446. The minimum Gasteiger partial charge on any atom is -0.351 e. The highest BCUT2D eigenvalue weighted by Gasteiger charge is 2.32. The van der Waals surface area contributed by atoms with Crippen LogP contribution in [-0.4, -0.2) is 38.0 Å². The molecule has 3 heterocycles. The van der Waals surface area contributed by atoms with E-state index in [4.69, 9.17) is 0 Å². The van der Waals surface area contributed by atoms with Crippen LogP contribution in [0.15, 0.2) is 30.5 Å². The summed E-state index contributed by atoms with van der Waals surface area (Å²) in [6, 6.07) is 7.42. The summed E-state index contributed by atoms with van der Waals surface area (Å²) in [5.74, 6) is -0.151. The quantitative estimate of drug-likeness (QED) is 0.921. The zero-order valence-corrected chi connectivity index (χ0v) is 13.9. The maximum absolute atomic E-state index is 12.7. The normalized spacial score (nSPS) is 17.1. The smallest absolute Gasteiger partial charge is 0.274 e. The lowest BCUT2D eigenvalue weighted by molar-refractivity contribution is -0.119. The first kappa shape index (κ1) is 16.2. The lowest BCUT2D eigenvalue weighted by atomic mass is 10.1. The van der Waals surface area contributed by atoms with Gasteiger partial charge in [0.2, 0.25) is 5.91 Å². The molecule has 2 aromatic rings. The number of carbonyl (C=O) groups excluding carboxylic acids is 2. The molecular formula is C17H21N5O2. The van der Waals surface area contributed by atoms with Crippen molar-refractivity contribution in [2.24, 2.45) is 7.05 Å². The Morgan fingerprint density at radius 1 is 1.33 bits per heavy atom. The lowest BCUT2D eigenvalue weighted by Crippen LogP contribution is -2.31. The van der Waals surface area contributed by atoms with E-state index in [-0.39, 0.29) is 17.9 Å². The number of hydrogen-bond donors (Lipinski definition) is 1. The van der Waals surface area contributed by atoms with Crippen LogP contribution in [0.5, 0.6) is 0 Å². The second kappa shape index (κ2) is 6.82. The number of aryl methyl sites for hydroxylation is 1. The van der Waals surface area contributed by atoms with Crippen molar-refractivity contribution in [3.63, 3.8) is 0 Å². The molecule has 1 N–H and O–H groups in total. The summed E-state index contributed by atoms with van der Waals surface area (Å²) in [5.41, 5.74) is 2.11. The van der Waals surface area contributed by atoms with Gasteiger partial charge in [-0.05, 0) is 31.0 Å². The summed E-state index contributed by atoms with van der Waals surface area (Å²) in [6.45, 7) is 2.58. The van der Waals surface area contributed by atoms with Gasteiger partial charge in [-0.3, -0.25) is 19.3 Å². The molecule has 7 nitrogen and oxygen atoms in total. The van der Waals surface area contributed by atoms with Gasteiger partial charge in [0.05, 0.1) is 24.0 Å². The highest BCUT2D eigenvalue weighted by molar-refractivity contribution is 5.92. The minimum atomic E-state index is -0.0879. The highest BCUT2D eigenvalue weighted by Crippen LogP contribution is 2.31. The Balaban J connectivity index is 1.79. The summed E-state index contributed by atoms with van der Waals surface area (Å²) in [7, 11) is 1.80. The van der Waals surface area contributed by atoms with E-state index in [1.54, 1.807) is 24.0 Å². The molecule has 2 aromatic heterocycles. The second-order valence-electron chi connectivity index (χ2n) is 5.99. The molecule has 7 heteroatoms. The predicted molar refractivity (Wildman–Crippen MR) is 88.0 cm³/mol. The molecular weight excluding hydrogens is 306 g/mol. The maximum Gasteiger partial charge on any atom is 0.274 e. The van der Waals surface area contributed by atoms with Crippen molar-refractivity contribution in [2.45, 2.75) is 32.4 Å². The summed E-state index contributed by atoms with van der Waals surface area (Å²) in [5, 5.41) is 6.95. The highest BCUT2D eigenvalue weighted by atomic mass is 16.2. The standard InChI is InChI=1S/C17H21N5O2/c1-12(23)18-11-13-5-3-6-14(19-13)16-7-4-9-22(16)17(24)15-8-10-21(2)20-15/h3,5-6,8,10,16H,4,7,9,11H2,1-2H3,(H,18,23)/t16-/m1/s1. The van der Waals surface area contributed by atoms with E-state index in [0.29, 0.717) is 18.8 Å². The molecule has 1 aliphatic rings. The molecule has 0 saturated carbocycles. The Morgan fingerprint density at radius 3 is 2.88 bits per heavy atom. The van der Waals surface area contributed by atoms with E-state index in [2.05, 4.69) is 15.4 Å². The van der Waals surface area contributed by atoms with E-state index >= 15 is 0 Å². The molecule has 1 aliphatic heterocycles. The van der Waals surface area contributed by atoms with Crippen LogP contribution in [0.4, 0.5) is 0 Å². The van der Waals surface area contributed by atoms with Crippen LogP contribution in [0.25, 0.3) is 0 Å². The van der Waals surface area contributed by atoms with Crippen LogP contribution < -0.4 is 5.32 Å². The average molecular weight is 327 g/mol. The number of nitrogens with one attached hydrogen (secondary N) is 1.